The van der Waals surface area contributed by atoms with Crippen molar-refractivity contribution in [3.05, 3.63) is 35.0 Å². The number of hydrogen-bond acceptors (Lipinski definition) is 5. The molecule has 0 saturated heterocycles. The number of carbonyl (C=O) groups is 1. The average molecular weight is 262 g/mol. The average Bonchev–Trinajstić information content (AvgIpc) is 2.71. The Kier molecular flexibility index (Phi) is 3.41. The monoisotopic (exact) mass is 262 g/mol. The lowest BCUT2D eigenvalue weighted by Gasteiger charge is -2.07. The zero-order chi connectivity index (χ0) is 14.0. The Morgan fingerprint density at radius 1 is 1.42 bits per heavy atom. The molecular weight excluding hydrogens is 248 g/mol. The summed E-state index contributed by atoms with van der Waals surface area (Å²) in [6, 6.07) is 4.41. The van der Waals surface area contributed by atoms with Gasteiger partial charge >= 0.3 is 0 Å². The van der Waals surface area contributed by atoms with Crippen molar-refractivity contribution in [1.82, 2.24) is 5.16 Å². The molecule has 0 bridgehead atoms. The van der Waals surface area contributed by atoms with E-state index in [0.717, 1.165) is 5.56 Å². The molecule has 6 heteroatoms. The lowest BCUT2D eigenvalue weighted by Crippen LogP contribution is -2.12. The number of methoxy groups -OCH3 is 1. The molecule has 0 aliphatic heterocycles. The summed E-state index contributed by atoms with van der Waals surface area (Å²) in [5, 5.41) is 16.0. The molecule has 0 aliphatic carbocycles. The smallest absolute Gasteiger partial charge is 0.261 e. The Labute approximate surface area is 110 Å². The van der Waals surface area contributed by atoms with Crippen LogP contribution in [0, 0.1) is 13.8 Å². The van der Waals surface area contributed by atoms with E-state index in [0.29, 0.717) is 11.4 Å². The highest BCUT2D eigenvalue weighted by Crippen LogP contribution is 2.25. The van der Waals surface area contributed by atoms with Gasteiger partial charge in [-0.25, -0.2) is 0 Å². The number of hydrogen-bond donors (Lipinski definition) is 2. The first-order valence-electron chi connectivity index (χ1n) is 5.64. The van der Waals surface area contributed by atoms with Crippen molar-refractivity contribution in [2.75, 3.05) is 12.4 Å². The van der Waals surface area contributed by atoms with Crippen LogP contribution in [-0.4, -0.2) is 23.3 Å². The molecule has 19 heavy (non-hydrogen) atoms. The third-order valence-corrected chi connectivity index (χ3v) is 2.83. The van der Waals surface area contributed by atoms with Gasteiger partial charge in [-0.2, -0.15) is 0 Å². The number of anilines is 1. The van der Waals surface area contributed by atoms with Crippen LogP contribution in [0.25, 0.3) is 0 Å². The molecule has 0 radical (unpaired) electrons. The van der Waals surface area contributed by atoms with Crippen molar-refractivity contribution in [3.8, 4) is 11.5 Å². The van der Waals surface area contributed by atoms with Crippen LogP contribution in [0.5, 0.6) is 11.5 Å². The summed E-state index contributed by atoms with van der Waals surface area (Å²) in [6.45, 7) is 3.56. The van der Waals surface area contributed by atoms with Gasteiger partial charge in [0.1, 0.15) is 11.5 Å². The molecule has 1 amide bonds. The number of amides is 1. The van der Waals surface area contributed by atoms with Crippen molar-refractivity contribution < 1.29 is 19.2 Å². The predicted octanol–water partition coefficient (Wildman–Crippen LogP) is 2.26. The first-order chi connectivity index (χ1) is 9.02. The number of benzene rings is 1. The fraction of sp³-hybridized carbons (Fsp3) is 0.231. The van der Waals surface area contributed by atoms with E-state index >= 15 is 0 Å². The summed E-state index contributed by atoms with van der Waals surface area (Å²) in [5.74, 6) is 0.126. The molecule has 0 saturated carbocycles. The molecule has 1 aromatic heterocycles. The van der Waals surface area contributed by atoms with E-state index in [2.05, 4.69) is 10.5 Å². The zero-order valence-electron chi connectivity index (χ0n) is 10.9. The largest absolute Gasteiger partial charge is 0.507 e. The Morgan fingerprint density at radius 2 is 2.16 bits per heavy atom. The Morgan fingerprint density at radius 3 is 2.74 bits per heavy atom. The minimum Gasteiger partial charge on any atom is -0.507 e. The topological polar surface area (TPSA) is 84.6 Å². The number of rotatable bonds is 3. The fourth-order valence-corrected chi connectivity index (χ4v) is 1.53. The van der Waals surface area contributed by atoms with E-state index in [1.54, 1.807) is 19.9 Å². The molecule has 0 aliphatic rings. The molecule has 2 rings (SSSR count). The minimum atomic E-state index is -0.490. The highest BCUT2D eigenvalue weighted by molar-refractivity contribution is 6.06. The van der Waals surface area contributed by atoms with Gasteiger partial charge in [-0.15, -0.1) is 0 Å². The van der Waals surface area contributed by atoms with Crippen LogP contribution in [0.1, 0.15) is 21.6 Å². The second-order valence-corrected chi connectivity index (χ2v) is 4.06. The molecule has 1 heterocycles. The van der Waals surface area contributed by atoms with Gasteiger partial charge in [0.25, 0.3) is 5.91 Å². The van der Waals surface area contributed by atoms with E-state index in [-0.39, 0.29) is 17.2 Å². The normalized spacial score (nSPS) is 10.3. The van der Waals surface area contributed by atoms with Crippen LogP contribution in [0.2, 0.25) is 0 Å². The number of aromatic nitrogens is 1. The van der Waals surface area contributed by atoms with Crippen LogP contribution in [0.4, 0.5) is 5.88 Å². The van der Waals surface area contributed by atoms with Gasteiger partial charge in [0.2, 0.25) is 5.88 Å². The highest BCUT2D eigenvalue weighted by atomic mass is 16.5. The molecule has 1 aromatic carbocycles. The summed E-state index contributed by atoms with van der Waals surface area (Å²) in [7, 11) is 1.48. The van der Waals surface area contributed by atoms with Gasteiger partial charge in [0.05, 0.1) is 18.4 Å². The maximum absolute atomic E-state index is 12.1. The molecule has 2 N–H and O–H groups in total. The van der Waals surface area contributed by atoms with Gasteiger partial charge < -0.3 is 14.4 Å². The molecule has 0 unspecified atom stereocenters. The van der Waals surface area contributed by atoms with Crippen molar-refractivity contribution in [1.29, 1.82) is 0 Å². The van der Waals surface area contributed by atoms with E-state index in [9.17, 15) is 9.90 Å². The lowest BCUT2D eigenvalue weighted by atomic mass is 10.1. The van der Waals surface area contributed by atoms with E-state index < -0.39 is 5.91 Å². The summed E-state index contributed by atoms with van der Waals surface area (Å²) in [6.07, 6.45) is 0. The molecule has 2 aromatic rings. The van der Waals surface area contributed by atoms with Gasteiger partial charge in [-0.05, 0) is 32.0 Å². The molecule has 0 atom stereocenters. The van der Waals surface area contributed by atoms with E-state index in [4.69, 9.17) is 9.26 Å². The number of phenols is 1. The molecular formula is C13H14N2O4. The van der Waals surface area contributed by atoms with Crippen LogP contribution in [0.3, 0.4) is 0 Å². The lowest BCUT2D eigenvalue weighted by molar-refractivity contribution is 0.102. The van der Waals surface area contributed by atoms with Crippen molar-refractivity contribution >= 4 is 11.8 Å². The van der Waals surface area contributed by atoms with Gasteiger partial charge in [0.15, 0.2) is 0 Å². The second kappa shape index (κ2) is 5.01. The summed E-state index contributed by atoms with van der Waals surface area (Å²) in [4.78, 5) is 12.1. The SMILES string of the molecule is COc1ccc(O)c(C(=O)Nc2onc(C)c2C)c1. The number of nitrogens with one attached hydrogen (secondary N) is 1. The van der Waals surface area contributed by atoms with Crippen molar-refractivity contribution in [2.24, 2.45) is 0 Å². The van der Waals surface area contributed by atoms with E-state index in [1.165, 1.54) is 19.2 Å². The number of carbonyl (C=O) groups excluding carboxylic acids is 1. The van der Waals surface area contributed by atoms with Crippen LogP contribution < -0.4 is 10.1 Å². The number of phenolic OH excluding ortho intramolecular Hbond substituents is 1. The van der Waals surface area contributed by atoms with Gasteiger partial charge in [-0.1, -0.05) is 5.16 Å². The zero-order valence-corrected chi connectivity index (χ0v) is 10.9. The second-order valence-electron chi connectivity index (χ2n) is 4.06. The summed E-state index contributed by atoms with van der Waals surface area (Å²) >= 11 is 0. The number of aromatic hydroxyl groups is 1. The summed E-state index contributed by atoms with van der Waals surface area (Å²) < 4.78 is 10.00. The fourth-order valence-electron chi connectivity index (χ4n) is 1.53. The number of aryl methyl sites for hydroxylation is 1. The number of nitrogens with zero attached hydrogens (tertiary/aromatic N) is 1. The first-order valence-corrected chi connectivity index (χ1v) is 5.64. The predicted molar refractivity (Wildman–Crippen MR) is 68.6 cm³/mol. The standard InChI is InChI=1S/C13H14N2O4/c1-7-8(2)15-19-13(7)14-12(17)10-6-9(18-3)4-5-11(10)16/h4-6,16H,1-3H3,(H,14,17). The highest BCUT2D eigenvalue weighted by Gasteiger charge is 2.16. The molecule has 0 fully saturated rings. The molecule has 100 valence electrons. The van der Waals surface area contributed by atoms with Crippen LogP contribution in [-0.2, 0) is 0 Å². The molecule has 6 nitrogen and oxygen atoms in total. The third-order valence-electron chi connectivity index (χ3n) is 2.83. The summed E-state index contributed by atoms with van der Waals surface area (Å²) in [5.41, 5.74) is 1.55. The Hall–Kier alpha value is -2.50. The number of ether oxygens (including phenoxy) is 1. The van der Waals surface area contributed by atoms with Crippen LogP contribution in [0.15, 0.2) is 22.7 Å². The van der Waals surface area contributed by atoms with Crippen molar-refractivity contribution in [2.45, 2.75) is 13.8 Å². The third kappa shape index (κ3) is 2.52. The first kappa shape index (κ1) is 12.9. The van der Waals surface area contributed by atoms with Crippen molar-refractivity contribution in [3.63, 3.8) is 0 Å². The Balaban J connectivity index is 2.27. The quantitative estimate of drug-likeness (QED) is 0.886. The van der Waals surface area contributed by atoms with Gasteiger partial charge in [-0.3, -0.25) is 10.1 Å². The Bertz CT molecular complexity index is 619. The van der Waals surface area contributed by atoms with E-state index in [1.807, 2.05) is 0 Å². The molecule has 0 spiro atoms. The maximum atomic E-state index is 12.1. The maximum Gasteiger partial charge on any atom is 0.261 e. The van der Waals surface area contributed by atoms with Crippen LogP contribution >= 0.6 is 0 Å². The van der Waals surface area contributed by atoms with Gasteiger partial charge in [0, 0.05) is 5.56 Å². The minimum absolute atomic E-state index is 0.104.